The Balaban J connectivity index is 2.91. The van der Waals surface area contributed by atoms with Crippen LogP contribution in [-0.2, 0) is 33.3 Å². The summed E-state index contributed by atoms with van der Waals surface area (Å²) >= 11 is 0. The van der Waals surface area contributed by atoms with Crippen LogP contribution in [0.3, 0.4) is 0 Å². The van der Waals surface area contributed by atoms with Gasteiger partial charge in [-0.25, -0.2) is 4.79 Å². The molecule has 0 fully saturated rings. The molecule has 0 N–H and O–H groups in total. The van der Waals surface area contributed by atoms with Gasteiger partial charge in [-0.2, -0.15) is 0 Å². The fourth-order valence-corrected chi connectivity index (χ4v) is 1.49. The van der Waals surface area contributed by atoms with Gasteiger partial charge in [-0.15, -0.1) is 0 Å². The van der Waals surface area contributed by atoms with E-state index in [4.69, 9.17) is 14.2 Å². The van der Waals surface area contributed by atoms with E-state index in [1.165, 1.54) is 33.3 Å². The summed E-state index contributed by atoms with van der Waals surface area (Å²) in [5.74, 6) is -1.90. The van der Waals surface area contributed by atoms with Crippen molar-refractivity contribution in [3.05, 3.63) is 12.3 Å². The third-order valence-corrected chi connectivity index (χ3v) is 2.15. The van der Waals surface area contributed by atoms with Crippen molar-refractivity contribution in [2.24, 2.45) is 0 Å². The molecule has 0 aromatic heterocycles. The van der Waals surface area contributed by atoms with Gasteiger partial charge in [0, 0.05) is 13.8 Å². The Labute approximate surface area is 104 Å². The van der Waals surface area contributed by atoms with Crippen LogP contribution < -0.4 is 0 Å². The van der Waals surface area contributed by atoms with Crippen LogP contribution in [0.1, 0.15) is 13.8 Å². The maximum Gasteiger partial charge on any atom is 0.351 e. The maximum absolute atomic E-state index is 11.5. The van der Waals surface area contributed by atoms with Crippen LogP contribution in [0, 0.1) is 0 Å². The maximum atomic E-state index is 11.5. The standard InChI is InChI=1S/C11H14O7/c1-6(12)17-8-4-5-16-10(11(14)15-3)9(8)18-7(2)13/h4-5,8-10H,1-3H3/t8-,9+,10+/m1/s1. The summed E-state index contributed by atoms with van der Waals surface area (Å²) in [5, 5.41) is 0. The zero-order valence-electron chi connectivity index (χ0n) is 10.2. The molecule has 0 radical (unpaired) electrons. The molecule has 7 nitrogen and oxygen atoms in total. The summed E-state index contributed by atoms with van der Waals surface area (Å²) in [4.78, 5) is 33.4. The van der Waals surface area contributed by atoms with Crippen LogP contribution in [-0.4, -0.2) is 43.3 Å². The SMILES string of the molecule is COC(=O)[C@H]1OC=C[C@@H](OC(C)=O)[C@@H]1OC(C)=O. The predicted octanol–water partition coefficient (Wildman–Crippen LogP) is -0.0647. The largest absolute Gasteiger partial charge is 0.482 e. The number of hydrogen-bond acceptors (Lipinski definition) is 7. The normalized spacial score (nSPS) is 25.8. The molecular weight excluding hydrogens is 244 g/mol. The van der Waals surface area contributed by atoms with Crippen LogP contribution >= 0.6 is 0 Å². The molecule has 0 spiro atoms. The second-order valence-electron chi connectivity index (χ2n) is 3.56. The van der Waals surface area contributed by atoms with Crippen molar-refractivity contribution in [3.8, 4) is 0 Å². The Kier molecular flexibility index (Phi) is 4.70. The van der Waals surface area contributed by atoms with Gasteiger partial charge < -0.3 is 18.9 Å². The van der Waals surface area contributed by atoms with Gasteiger partial charge in [-0.1, -0.05) is 0 Å². The van der Waals surface area contributed by atoms with Crippen molar-refractivity contribution in [1.82, 2.24) is 0 Å². The second-order valence-corrected chi connectivity index (χ2v) is 3.56. The van der Waals surface area contributed by atoms with Gasteiger partial charge in [0.15, 0.2) is 12.2 Å². The monoisotopic (exact) mass is 258 g/mol. The summed E-state index contributed by atoms with van der Waals surface area (Å²) in [6.07, 6.45) is -0.523. The second kappa shape index (κ2) is 6.04. The number of carbonyl (C=O) groups excluding carboxylic acids is 3. The lowest BCUT2D eigenvalue weighted by Crippen LogP contribution is -2.49. The van der Waals surface area contributed by atoms with Gasteiger partial charge in [0.05, 0.1) is 13.4 Å². The van der Waals surface area contributed by atoms with Gasteiger partial charge in [0.2, 0.25) is 6.10 Å². The average Bonchev–Trinajstić information content (AvgIpc) is 2.29. The van der Waals surface area contributed by atoms with Gasteiger partial charge >= 0.3 is 17.9 Å². The highest BCUT2D eigenvalue weighted by molar-refractivity contribution is 5.77. The highest BCUT2D eigenvalue weighted by Crippen LogP contribution is 2.20. The van der Waals surface area contributed by atoms with Crippen LogP contribution in [0.4, 0.5) is 0 Å². The number of methoxy groups -OCH3 is 1. The lowest BCUT2D eigenvalue weighted by molar-refractivity contribution is -0.183. The molecule has 1 aliphatic rings. The first-order valence-electron chi connectivity index (χ1n) is 5.20. The van der Waals surface area contributed by atoms with Crippen molar-refractivity contribution in [1.29, 1.82) is 0 Å². The van der Waals surface area contributed by atoms with E-state index < -0.39 is 36.2 Å². The van der Waals surface area contributed by atoms with E-state index in [0.29, 0.717) is 0 Å². The third kappa shape index (κ3) is 3.47. The molecule has 0 saturated heterocycles. The summed E-state index contributed by atoms with van der Waals surface area (Å²) in [5.41, 5.74) is 0. The Morgan fingerprint density at radius 3 is 2.22 bits per heavy atom. The predicted molar refractivity (Wildman–Crippen MR) is 57.1 cm³/mol. The third-order valence-electron chi connectivity index (χ3n) is 2.15. The van der Waals surface area contributed by atoms with E-state index in [2.05, 4.69) is 4.74 Å². The fourth-order valence-electron chi connectivity index (χ4n) is 1.49. The quantitative estimate of drug-likeness (QED) is 0.517. The molecule has 100 valence electrons. The van der Waals surface area contributed by atoms with Crippen molar-refractivity contribution >= 4 is 17.9 Å². The van der Waals surface area contributed by atoms with E-state index in [1.807, 2.05) is 0 Å². The Morgan fingerprint density at radius 1 is 1.11 bits per heavy atom. The summed E-state index contributed by atoms with van der Waals surface area (Å²) in [6, 6.07) is 0. The number of ether oxygens (including phenoxy) is 4. The molecule has 3 atom stereocenters. The molecule has 0 amide bonds. The Bertz CT molecular complexity index is 374. The van der Waals surface area contributed by atoms with E-state index in [-0.39, 0.29) is 0 Å². The molecule has 0 aromatic carbocycles. The van der Waals surface area contributed by atoms with Gasteiger partial charge in [-0.3, -0.25) is 9.59 Å². The van der Waals surface area contributed by atoms with Crippen molar-refractivity contribution in [2.75, 3.05) is 7.11 Å². The Morgan fingerprint density at radius 2 is 1.72 bits per heavy atom. The highest BCUT2D eigenvalue weighted by atomic mass is 16.6. The van der Waals surface area contributed by atoms with Gasteiger partial charge in [0.25, 0.3) is 0 Å². The number of hydrogen-bond donors (Lipinski definition) is 0. The number of carbonyl (C=O) groups is 3. The molecule has 0 saturated carbocycles. The number of esters is 3. The molecule has 0 unspecified atom stereocenters. The molecule has 18 heavy (non-hydrogen) atoms. The zero-order valence-corrected chi connectivity index (χ0v) is 10.2. The number of rotatable bonds is 3. The average molecular weight is 258 g/mol. The molecule has 0 aliphatic carbocycles. The molecule has 7 heteroatoms. The first kappa shape index (κ1) is 14.0. The summed E-state index contributed by atoms with van der Waals surface area (Å²) < 4.78 is 19.4. The molecule has 0 bridgehead atoms. The molecule has 1 aliphatic heterocycles. The molecule has 1 rings (SSSR count). The summed E-state index contributed by atoms with van der Waals surface area (Å²) in [7, 11) is 1.18. The van der Waals surface area contributed by atoms with Crippen molar-refractivity contribution < 1.29 is 33.3 Å². The minimum Gasteiger partial charge on any atom is -0.482 e. The lowest BCUT2D eigenvalue weighted by Gasteiger charge is -2.31. The van der Waals surface area contributed by atoms with Crippen LogP contribution in [0.15, 0.2) is 12.3 Å². The van der Waals surface area contributed by atoms with Gasteiger partial charge in [0.1, 0.15) is 0 Å². The van der Waals surface area contributed by atoms with Crippen molar-refractivity contribution in [2.45, 2.75) is 32.2 Å². The lowest BCUT2D eigenvalue weighted by atomic mass is 10.1. The summed E-state index contributed by atoms with van der Waals surface area (Å²) in [6.45, 7) is 2.39. The van der Waals surface area contributed by atoms with E-state index >= 15 is 0 Å². The first-order chi connectivity index (χ1) is 8.45. The van der Waals surface area contributed by atoms with E-state index in [9.17, 15) is 14.4 Å². The minimum absolute atomic E-state index is 0.563. The van der Waals surface area contributed by atoms with Crippen molar-refractivity contribution in [3.63, 3.8) is 0 Å². The first-order valence-corrected chi connectivity index (χ1v) is 5.20. The molecule has 1 heterocycles. The van der Waals surface area contributed by atoms with E-state index in [0.717, 1.165) is 0 Å². The van der Waals surface area contributed by atoms with Gasteiger partial charge in [-0.05, 0) is 6.08 Å². The topological polar surface area (TPSA) is 88.1 Å². The van der Waals surface area contributed by atoms with E-state index in [1.54, 1.807) is 0 Å². The molecule has 0 aromatic rings. The fraction of sp³-hybridized carbons (Fsp3) is 0.545. The van der Waals surface area contributed by atoms with Crippen LogP contribution in [0.2, 0.25) is 0 Å². The molecular formula is C11H14O7. The smallest absolute Gasteiger partial charge is 0.351 e. The zero-order chi connectivity index (χ0) is 13.7. The van der Waals surface area contributed by atoms with Crippen LogP contribution in [0.5, 0.6) is 0 Å². The highest BCUT2D eigenvalue weighted by Gasteiger charge is 2.42. The van der Waals surface area contributed by atoms with Crippen LogP contribution in [0.25, 0.3) is 0 Å². The minimum atomic E-state index is -1.16. The Hall–Kier alpha value is -2.05.